The van der Waals surface area contributed by atoms with Gasteiger partial charge in [-0.15, -0.1) is 11.3 Å². The molecule has 0 atom stereocenters. The maximum Gasteiger partial charge on any atom is 0.227 e. The van der Waals surface area contributed by atoms with E-state index in [2.05, 4.69) is 20.3 Å². The van der Waals surface area contributed by atoms with Crippen molar-refractivity contribution >= 4 is 34.6 Å². The smallest absolute Gasteiger partial charge is 0.227 e. The van der Waals surface area contributed by atoms with Crippen LogP contribution in [0.3, 0.4) is 0 Å². The van der Waals surface area contributed by atoms with E-state index in [1.165, 1.54) is 0 Å². The van der Waals surface area contributed by atoms with Crippen molar-refractivity contribution in [2.24, 2.45) is 0 Å². The summed E-state index contributed by atoms with van der Waals surface area (Å²) in [5.41, 5.74) is 1.68. The number of carbonyl (C=O) groups excluding carboxylic acids is 1. The third-order valence-electron chi connectivity index (χ3n) is 4.23. The van der Waals surface area contributed by atoms with E-state index in [4.69, 9.17) is 0 Å². The van der Waals surface area contributed by atoms with Gasteiger partial charge in [-0.25, -0.2) is 15.0 Å². The zero-order valence-electron chi connectivity index (χ0n) is 14.5. The minimum absolute atomic E-state index is 0.173. The molecule has 0 unspecified atom stereocenters. The second kappa shape index (κ2) is 7.21. The summed E-state index contributed by atoms with van der Waals surface area (Å²) in [5, 5.41) is 4.11. The number of aryl methyl sites for hydroxylation is 1. The molecule has 3 aromatic heterocycles. The first kappa shape index (κ1) is 16.7. The number of nitrogens with zero attached hydrogens (tertiary/aromatic N) is 4. The minimum atomic E-state index is 0.173. The van der Waals surface area contributed by atoms with Gasteiger partial charge in [0, 0.05) is 24.0 Å². The molecule has 0 aliphatic carbocycles. The fourth-order valence-electron chi connectivity index (χ4n) is 2.93. The lowest BCUT2D eigenvalue weighted by Gasteiger charge is -2.26. The molecule has 0 radical (unpaired) electrons. The van der Waals surface area contributed by atoms with Gasteiger partial charge < -0.3 is 10.2 Å². The van der Waals surface area contributed by atoms with E-state index in [9.17, 15) is 4.79 Å². The van der Waals surface area contributed by atoms with Gasteiger partial charge in [-0.2, -0.15) is 0 Å². The van der Waals surface area contributed by atoms with Crippen molar-refractivity contribution in [2.45, 2.75) is 26.2 Å². The number of anilines is 3. The number of rotatable bonds is 4. The van der Waals surface area contributed by atoms with Crippen molar-refractivity contribution in [3.63, 3.8) is 0 Å². The number of hydrogen-bond acceptors (Lipinski definition) is 6. The fourth-order valence-corrected chi connectivity index (χ4v) is 3.66. The summed E-state index contributed by atoms with van der Waals surface area (Å²) in [6, 6.07) is 9.59. The van der Waals surface area contributed by atoms with Gasteiger partial charge >= 0.3 is 0 Å². The van der Waals surface area contributed by atoms with Crippen LogP contribution in [-0.2, 0) is 4.79 Å². The Kier molecular flexibility index (Phi) is 4.62. The van der Waals surface area contributed by atoms with Crippen molar-refractivity contribution < 1.29 is 4.79 Å². The van der Waals surface area contributed by atoms with Crippen LogP contribution < -0.4 is 10.2 Å². The lowest BCUT2D eigenvalue weighted by atomic mass is 10.1. The molecule has 1 saturated heterocycles. The van der Waals surface area contributed by atoms with Gasteiger partial charge in [0.2, 0.25) is 5.91 Å². The Bertz CT molecular complexity index is 922. The predicted octanol–water partition coefficient (Wildman–Crippen LogP) is 4.17. The number of pyridine rings is 2. The topological polar surface area (TPSA) is 71.0 Å². The van der Waals surface area contributed by atoms with Crippen molar-refractivity contribution in [3.8, 4) is 10.7 Å². The average molecular weight is 365 g/mol. The number of carbonyl (C=O) groups is 1. The number of nitrogens with one attached hydrogen (secondary N) is 1. The van der Waals surface area contributed by atoms with Crippen LogP contribution in [0.1, 0.15) is 24.1 Å². The highest BCUT2D eigenvalue weighted by atomic mass is 32.1. The highest BCUT2D eigenvalue weighted by Crippen LogP contribution is 2.25. The molecular formula is C19H19N5OS. The van der Waals surface area contributed by atoms with Crippen molar-refractivity contribution in [1.82, 2.24) is 15.0 Å². The number of thiazole rings is 1. The molecule has 1 amide bonds. The molecule has 1 N–H and O–H groups in total. The van der Waals surface area contributed by atoms with Crippen LogP contribution in [0.2, 0.25) is 0 Å². The van der Waals surface area contributed by atoms with Crippen LogP contribution in [0.4, 0.5) is 17.3 Å². The van der Waals surface area contributed by atoms with E-state index in [1.807, 2.05) is 48.4 Å². The molecule has 4 rings (SSSR count). The van der Waals surface area contributed by atoms with E-state index >= 15 is 0 Å². The molecule has 6 nitrogen and oxygen atoms in total. The van der Waals surface area contributed by atoms with E-state index in [-0.39, 0.29) is 5.91 Å². The van der Waals surface area contributed by atoms with Crippen LogP contribution in [-0.4, -0.2) is 27.4 Å². The lowest BCUT2D eigenvalue weighted by Crippen LogP contribution is -2.35. The van der Waals surface area contributed by atoms with Gasteiger partial charge in [0.1, 0.15) is 22.3 Å². The van der Waals surface area contributed by atoms with Crippen molar-refractivity contribution in [3.05, 3.63) is 47.6 Å². The summed E-state index contributed by atoms with van der Waals surface area (Å²) < 4.78 is 0. The van der Waals surface area contributed by atoms with E-state index in [0.29, 0.717) is 18.1 Å². The Hall–Kier alpha value is -2.80. The summed E-state index contributed by atoms with van der Waals surface area (Å²) in [7, 11) is 0. The predicted molar refractivity (Wildman–Crippen MR) is 104 cm³/mol. The monoisotopic (exact) mass is 365 g/mol. The molecule has 7 heteroatoms. The second-order valence-electron chi connectivity index (χ2n) is 6.21. The quantitative estimate of drug-likeness (QED) is 0.751. The molecule has 1 aliphatic heterocycles. The van der Waals surface area contributed by atoms with Gasteiger partial charge in [-0.1, -0.05) is 6.07 Å². The Morgan fingerprint density at radius 2 is 2.00 bits per heavy atom. The van der Waals surface area contributed by atoms with Gasteiger partial charge in [-0.05, 0) is 44.0 Å². The molecular weight excluding hydrogens is 346 g/mol. The summed E-state index contributed by atoms with van der Waals surface area (Å²) in [6.45, 7) is 2.80. The number of amides is 1. The normalized spacial score (nSPS) is 14.5. The lowest BCUT2D eigenvalue weighted by molar-refractivity contribution is -0.119. The van der Waals surface area contributed by atoms with Gasteiger partial charge in [0.05, 0.1) is 11.9 Å². The van der Waals surface area contributed by atoms with Crippen LogP contribution in [0.15, 0.2) is 42.7 Å². The molecule has 1 fully saturated rings. The number of hydrogen-bond donors (Lipinski definition) is 1. The SMILES string of the molecule is Cc1cnc(-c2cccc(Nc3ccc(N4CCCCC4=O)cn3)n2)s1. The van der Waals surface area contributed by atoms with Crippen molar-refractivity contribution in [1.29, 1.82) is 0 Å². The molecule has 4 heterocycles. The summed E-state index contributed by atoms with van der Waals surface area (Å²) in [5.74, 6) is 1.58. The van der Waals surface area contributed by atoms with Crippen LogP contribution in [0, 0.1) is 6.92 Å². The zero-order chi connectivity index (χ0) is 17.9. The number of aromatic nitrogens is 3. The molecule has 0 aromatic carbocycles. The van der Waals surface area contributed by atoms with E-state index in [0.717, 1.165) is 40.7 Å². The molecule has 1 aliphatic rings. The molecule has 0 saturated carbocycles. The van der Waals surface area contributed by atoms with Crippen LogP contribution in [0.5, 0.6) is 0 Å². The van der Waals surface area contributed by atoms with E-state index < -0.39 is 0 Å². The van der Waals surface area contributed by atoms with Gasteiger partial charge in [0.25, 0.3) is 0 Å². The van der Waals surface area contributed by atoms with Gasteiger partial charge in [0.15, 0.2) is 0 Å². The van der Waals surface area contributed by atoms with Gasteiger partial charge in [-0.3, -0.25) is 4.79 Å². The Morgan fingerprint density at radius 3 is 2.73 bits per heavy atom. The highest BCUT2D eigenvalue weighted by Gasteiger charge is 2.19. The first-order valence-corrected chi connectivity index (χ1v) is 9.44. The Morgan fingerprint density at radius 1 is 1.08 bits per heavy atom. The second-order valence-corrected chi connectivity index (χ2v) is 7.45. The summed E-state index contributed by atoms with van der Waals surface area (Å²) in [4.78, 5) is 28.4. The van der Waals surface area contributed by atoms with Crippen molar-refractivity contribution in [2.75, 3.05) is 16.8 Å². The third kappa shape index (κ3) is 3.57. The number of piperidine rings is 1. The summed E-state index contributed by atoms with van der Waals surface area (Å²) in [6.07, 6.45) is 6.22. The minimum Gasteiger partial charge on any atom is -0.325 e. The third-order valence-corrected chi connectivity index (χ3v) is 5.16. The largest absolute Gasteiger partial charge is 0.325 e. The Balaban J connectivity index is 1.50. The van der Waals surface area contributed by atoms with E-state index in [1.54, 1.807) is 17.5 Å². The summed E-state index contributed by atoms with van der Waals surface area (Å²) >= 11 is 1.62. The van der Waals surface area contributed by atoms with Crippen LogP contribution >= 0.6 is 11.3 Å². The standard InChI is InChI=1S/C19H19N5OS/c1-13-11-21-19(26-13)15-5-4-6-17(22-15)23-16-9-8-14(12-20-16)24-10-3-2-7-18(24)25/h4-6,8-9,11-12H,2-3,7,10H2,1H3,(H,20,22,23). The fraction of sp³-hybridized carbons (Fsp3) is 0.263. The molecule has 0 spiro atoms. The molecule has 132 valence electrons. The average Bonchev–Trinajstić information content (AvgIpc) is 3.10. The highest BCUT2D eigenvalue weighted by molar-refractivity contribution is 7.14. The molecule has 0 bridgehead atoms. The zero-order valence-corrected chi connectivity index (χ0v) is 15.3. The maximum absolute atomic E-state index is 12.0. The molecule has 3 aromatic rings. The van der Waals surface area contributed by atoms with Crippen LogP contribution in [0.25, 0.3) is 10.7 Å². The first-order valence-electron chi connectivity index (χ1n) is 8.62. The first-order chi connectivity index (χ1) is 12.7. The maximum atomic E-state index is 12.0. The Labute approximate surface area is 155 Å². The molecule has 26 heavy (non-hydrogen) atoms.